The zero-order valence-corrected chi connectivity index (χ0v) is 23.2. The predicted octanol–water partition coefficient (Wildman–Crippen LogP) is 3.87. The van der Waals surface area contributed by atoms with Gasteiger partial charge in [0.05, 0.1) is 16.7 Å². The van der Waals surface area contributed by atoms with E-state index in [2.05, 4.69) is 0 Å². The Morgan fingerprint density at radius 1 is 0.756 bits per heavy atom. The van der Waals surface area contributed by atoms with E-state index >= 15 is 0 Å². The Balaban J connectivity index is 1.69. The third-order valence-corrected chi connectivity index (χ3v) is 8.28. The summed E-state index contributed by atoms with van der Waals surface area (Å²) in [6.45, 7) is -0.521. The fourth-order valence-electron chi connectivity index (χ4n) is 4.22. The second-order valence-corrected chi connectivity index (χ2v) is 11.3. The van der Waals surface area contributed by atoms with Crippen LogP contribution in [0.2, 0.25) is 0 Å². The van der Waals surface area contributed by atoms with Gasteiger partial charge in [0.2, 0.25) is 5.79 Å². The van der Waals surface area contributed by atoms with Crippen molar-refractivity contribution in [2.75, 3.05) is 27.0 Å². The van der Waals surface area contributed by atoms with Crippen molar-refractivity contribution in [3.05, 3.63) is 108 Å². The Bertz CT molecular complexity index is 1380. The molecule has 3 aromatic carbocycles. The third kappa shape index (κ3) is 7.27. The fourth-order valence-corrected chi connectivity index (χ4v) is 5.44. The number of esters is 3. The van der Waals surface area contributed by atoms with Gasteiger partial charge in [-0.3, -0.25) is 4.57 Å². The summed E-state index contributed by atoms with van der Waals surface area (Å²) in [7, 11) is -1.77. The molecule has 0 aromatic heterocycles. The van der Waals surface area contributed by atoms with Crippen molar-refractivity contribution in [2.45, 2.75) is 24.1 Å². The average molecular weight is 585 g/mol. The third-order valence-electron chi connectivity index (χ3n) is 6.33. The van der Waals surface area contributed by atoms with Crippen LogP contribution in [0.1, 0.15) is 31.1 Å². The summed E-state index contributed by atoms with van der Waals surface area (Å²) in [5, 5.41) is 11.7. The van der Waals surface area contributed by atoms with Crippen LogP contribution in [0.3, 0.4) is 0 Å². The zero-order valence-electron chi connectivity index (χ0n) is 22.3. The van der Waals surface area contributed by atoms with Crippen LogP contribution in [0, 0.1) is 0 Å². The van der Waals surface area contributed by atoms with Crippen LogP contribution in [0.5, 0.6) is 0 Å². The highest BCUT2D eigenvalue weighted by molar-refractivity contribution is 7.53. The van der Waals surface area contributed by atoms with Crippen molar-refractivity contribution in [3.63, 3.8) is 0 Å². The molecule has 3 aromatic rings. The number of carbonyl (C=O) groups excluding carboxylic acids is 3. The van der Waals surface area contributed by atoms with E-state index < -0.39 is 62.4 Å². The Morgan fingerprint density at radius 2 is 1.20 bits per heavy atom. The number of hydrogen-bond donors (Lipinski definition) is 1. The minimum absolute atomic E-state index is 0.128. The normalized spacial score (nSPS) is 22.1. The van der Waals surface area contributed by atoms with Crippen LogP contribution >= 0.6 is 7.60 Å². The first kappa shape index (κ1) is 30.1. The van der Waals surface area contributed by atoms with Gasteiger partial charge in [0, 0.05) is 14.2 Å². The molecule has 41 heavy (non-hydrogen) atoms. The van der Waals surface area contributed by atoms with Gasteiger partial charge in [-0.1, -0.05) is 54.6 Å². The number of benzene rings is 3. The van der Waals surface area contributed by atoms with Gasteiger partial charge in [0.25, 0.3) is 0 Å². The number of ether oxygens (including phenoxy) is 4. The number of carbonyl (C=O) groups is 3. The van der Waals surface area contributed by atoms with Gasteiger partial charge >= 0.3 is 25.5 Å². The standard InChI is InChI=1S/C29H29O11P/c1-35-41(34,36-2)19-29(33)25(39-28(32)22-16-10-5-11-17-22)24(38-27(31)21-14-8-4-9-15-21)23(40-29)18-37-26(30)20-12-6-3-7-13-20/h3-17,23-25,33H,18-19H2,1-2H3/t23-,24?,25?,29-/m1/s1. The zero-order chi connectivity index (χ0) is 29.5. The topological polar surface area (TPSA) is 144 Å². The first-order valence-corrected chi connectivity index (χ1v) is 14.3. The Hall–Kier alpha value is -3.86. The van der Waals surface area contributed by atoms with Crippen molar-refractivity contribution < 1.29 is 52.1 Å². The molecule has 1 saturated heterocycles. The van der Waals surface area contributed by atoms with Crippen LogP contribution < -0.4 is 0 Å². The minimum atomic E-state index is -3.99. The van der Waals surface area contributed by atoms with E-state index in [1.54, 1.807) is 66.7 Å². The minimum Gasteiger partial charge on any atom is -0.459 e. The van der Waals surface area contributed by atoms with Crippen LogP contribution in [0.4, 0.5) is 0 Å². The highest BCUT2D eigenvalue weighted by Crippen LogP contribution is 2.52. The SMILES string of the molecule is COP(=O)(C[C@@]1(O)O[C@H](COC(=O)c2ccccc2)C(OC(=O)c2ccccc2)C1OC(=O)c1ccccc1)OC. The number of aliphatic hydroxyl groups is 1. The van der Waals surface area contributed by atoms with Crippen molar-refractivity contribution in [2.24, 2.45) is 0 Å². The molecular weight excluding hydrogens is 555 g/mol. The molecule has 1 aliphatic heterocycles. The molecule has 1 heterocycles. The van der Waals surface area contributed by atoms with Gasteiger partial charge in [-0.25, -0.2) is 14.4 Å². The Morgan fingerprint density at radius 3 is 1.66 bits per heavy atom. The Kier molecular flexibility index (Phi) is 9.69. The lowest BCUT2D eigenvalue weighted by molar-refractivity contribution is -0.216. The average Bonchev–Trinajstić information content (AvgIpc) is 3.26. The van der Waals surface area contributed by atoms with E-state index in [-0.39, 0.29) is 16.7 Å². The summed E-state index contributed by atoms with van der Waals surface area (Å²) in [5.74, 6) is -4.97. The molecule has 2 unspecified atom stereocenters. The van der Waals surface area contributed by atoms with E-state index in [0.29, 0.717) is 0 Å². The molecule has 1 N–H and O–H groups in total. The van der Waals surface area contributed by atoms with Crippen LogP contribution in [0.15, 0.2) is 91.0 Å². The largest absolute Gasteiger partial charge is 0.459 e. The summed E-state index contributed by atoms with van der Waals surface area (Å²) >= 11 is 0. The molecule has 0 spiro atoms. The molecule has 1 aliphatic rings. The van der Waals surface area contributed by atoms with E-state index in [4.69, 9.17) is 28.0 Å². The van der Waals surface area contributed by atoms with Crippen LogP contribution in [0.25, 0.3) is 0 Å². The van der Waals surface area contributed by atoms with Crippen molar-refractivity contribution in [1.82, 2.24) is 0 Å². The molecule has 0 radical (unpaired) electrons. The first-order chi connectivity index (χ1) is 19.7. The molecule has 0 saturated carbocycles. The monoisotopic (exact) mass is 584 g/mol. The van der Waals surface area contributed by atoms with Crippen molar-refractivity contribution in [3.8, 4) is 0 Å². The second-order valence-electron chi connectivity index (χ2n) is 9.03. The fraction of sp³-hybridized carbons (Fsp3) is 0.276. The summed E-state index contributed by atoms with van der Waals surface area (Å²) in [6, 6.07) is 23.9. The highest BCUT2D eigenvalue weighted by atomic mass is 31.2. The predicted molar refractivity (Wildman–Crippen MR) is 144 cm³/mol. The lowest BCUT2D eigenvalue weighted by atomic mass is 10.1. The maximum absolute atomic E-state index is 13.1. The van der Waals surface area contributed by atoms with E-state index in [9.17, 15) is 24.1 Å². The van der Waals surface area contributed by atoms with Gasteiger partial charge < -0.3 is 33.1 Å². The number of hydrogen-bond acceptors (Lipinski definition) is 11. The molecule has 4 atom stereocenters. The lowest BCUT2D eigenvalue weighted by Crippen LogP contribution is -2.50. The van der Waals surface area contributed by atoms with Gasteiger partial charge in [0.15, 0.2) is 12.2 Å². The van der Waals surface area contributed by atoms with Crippen molar-refractivity contribution in [1.29, 1.82) is 0 Å². The first-order valence-electron chi connectivity index (χ1n) is 12.5. The summed E-state index contributed by atoms with van der Waals surface area (Å²) < 4.78 is 45.7. The summed E-state index contributed by atoms with van der Waals surface area (Å²) in [6.07, 6.45) is -5.40. The van der Waals surface area contributed by atoms with Gasteiger partial charge in [-0.2, -0.15) is 0 Å². The molecule has 12 heteroatoms. The van der Waals surface area contributed by atoms with Gasteiger partial charge in [0.1, 0.15) is 18.9 Å². The van der Waals surface area contributed by atoms with Crippen molar-refractivity contribution >= 4 is 25.5 Å². The maximum atomic E-state index is 13.1. The van der Waals surface area contributed by atoms with Crippen LogP contribution in [-0.2, 0) is 32.6 Å². The molecule has 216 valence electrons. The van der Waals surface area contributed by atoms with E-state index in [0.717, 1.165) is 14.2 Å². The molecule has 11 nitrogen and oxygen atoms in total. The Labute approximate surface area is 236 Å². The molecule has 0 amide bonds. The second kappa shape index (κ2) is 13.2. The molecule has 1 fully saturated rings. The van der Waals surface area contributed by atoms with E-state index in [1.807, 2.05) is 0 Å². The number of rotatable bonds is 11. The summed E-state index contributed by atoms with van der Waals surface area (Å²) in [4.78, 5) is 38.9. The van der Waals surface area contributed by atoms with Gasteiger partial charge in [-0.15, -0.1) is 0 Å². The summed E-state index contributed by atoms with van der Waals surface area (Å²) in [5.41, 5.74) is 0.535. The molecule has 4 rings (SSSR count). The molecule has 0 aliphatic carbocycles. The smallest absolute Gasteiger partial charge is 0.338 e. The highest BCUT2D eigenvalue weighted by Gasteiger charge is 2.61. The lowest BCUT2D eigenvalue weighted by Gasteiger charge is -2.31. The van der Waals surface area contributed by atoms with Crippen LogP contribution in [-0.4, -0.2) is 74.1 Å². The molecular formula is C29H29O11P. The van der Waals surface area contributed by atoms with Gasteiger partial charge in [-0.05, 0) is 36.4 Å². The maximum Gasteiger partial charge on any atom is 0.338 e. The quantitative estimate of drug-likeness (QED) is 0.199. The van der Waals surface area contributed by atoms with E-state index in [1.165, 1.54) is 24.3 Å². The molecule has 0 bridgehead atoms.